The first kappa shape index (κ1) is 11.8. The van der Waals surface area contributed by atoms with E-state index in [2.05, 4.69) is 11.8 Å². The van der Waals surface area contributed by atoms with Gasteiger partial charge in [-0.2, -0.15) is 13.2 Å². The molecule has 4 heteroatoms. The largest absolute Gasteiger partial charge is 0.389 e. The summed E-state index contributed by atoms with van der Waals surface area (Å²) in [6.45, 7) is 4.81. The quantitative estimate of drug-likeness (QED) is 0.690. The van der Waals surface area contributed by atoms with Gasteiger partial charge in [-0.1, -0.05) is 6.92 Å². The number of alkyl halides is 3. The fourth-order valence-corrected chi connectivity index (χ4v) is 2.06. The molecule has 0 aromatic heterocycles. The highest BCUT2D eigenvalue weighted by molar-refractivity contribution is 4.74. The lowest BCUT2D eigenvalue weighted by Gasteiger charge is -2.31. The maximum Gasteiger partial charge on any atom is 0.389 e. The van der Waals surface area contributed by atoms with Crippen molar-refractivity contribution in [2.45, 2.75) is 38.8 Å². The Labute approximate surface area is 83.3 Å². The highest BCUT2D eigenvalue weighted by Gasteiger charge is 2.33. The Kier molecular flexibility index (Phi) is 4.23. The zero-order valence-electron chi connectivity index (χ0n) is 8.61. The predicted octanol–water partition coefficient (Wildman–Crippen LogP) is 3.06. The topological polar surface area (TPSA) is 3.24 Å². The molecule has 0 aromatic carbocycles. The summed E-state index contributed by atoms with van der Waals surface area (Å²) in [7, 11) is 0. The van der Waals surface area contributed by atoms with Crippen LogP contribution in [0.4, 0.5) is 13.2 Å². The van der Waals surface area contributed by atoms with Crippen LogP contribution in [0, 0.1) is 5.92 Å². The average molecular weight is 209 g/mol. The van der Waals surface area contributed by atoms with Crippen molar-refractivity contribution < 1.29 is 13.2 Å². The van der Waals surface area contributed by atoms with Crippen LogP contribution in [-0.4, -0.2) is 30.7 Å². The molecule has 1 nitrogen and oxygen atoms in total. The molecule has 0 saturated carbocycles. The molecule has 0 unspecified atom stereocenters. The summed E-state index contributed by atoms with van der Waals surface area (Å²) in [5, 5.41) is 0. The summed E-state index contributed by atoms with van der Waals surface area (Å²) < 4.78 is 36.2. The van der Waals surface area contributed by atoms with Gasteiger partial charge in [-0.3, -0.25) is 0 Å². The fourth-order valence-electron chi connectivity index (χ4n) is 2.06. The number of likely N-dealkylation sites (tertiary alicyclic amines) is 1. The van der Waals surface area contributed by atoms with E-state index in [1.165, 1.54) is 0 Å². The van der Waals surface area contributed by atoms with Crippen LogP contribution in [-0.2, 0) is 0 Å². The van der Waals surface area contributed by atoms with Crippen molar-refractivity contribution in [1.82, 2.24) is 4.90 Å². The van der Waals surface area contributed by atoms with Crippen LogP contribution in [0.2, 0.25) is 0 Å². The lowest BCUT2D eigenvalue weighted by Crippen LogP contribution is -2.35. The molecule has 0 bridgehead atoms. The monoisotopic (exact) mass is 209 g/mol. The van der Waals surface area contributed by atoms with Crippen molar-refractivity contribution >= 4 is 0 Å². The Balaban J connectivity index is 2.22. The van der Waals surface area contributed by atoms with Crippen LogP contribution in [0.25, 0.3) is 0 Å². The summed E-state index contributed by atoms with van der Waals surface area (Å²) in [6.07, 6.45) is -2.06. The van der Waals surface area contributed by atoms with Gasteiger partial charge < -0.3 is 4.90 Å². The first-order valence-corrected chi connectivity index (χ1v) is 5.30. The summed E-state index contributed by atoms with van der Waals surface area (Å²) in [6, 6.07) is 0. The summed E-state index contributed by atoms with van der Waals surface area (Å²) >= 11 is 0. The number of halogens is 3. The van der Waals surface area contributed by atoms with Crippen LogP contribution < -0.4 is 0 Å². The molecule has 1 aliphatic rings. The molecule has 14 heavy (non-hydrogen) atoms. The second-order valence-electron chi connectivity index (χ2n) is 4.10. The molecule has 0 aromatic rings. The van der Waals surface area contributed by atoms with Gasteiger partial charge >= 0.3 is 6.18 Å². The molecule has 1 aliphatic heterocycles. The molecule has 1 fully saturated rings. The molecule has 1 saturated heterocycles. The molecule has 0 spiro atoms. The summed E-state index contributed by atoms with van der Waals surface area (Å²) in [5.41, 5.74) is 0. The van der Waals surface area contributed by atoms with Gasteiger partial charge in [0.25, 0.3) is 0 Å². The van der Waals surface area contributed by atoms with Crippen molar-refractivity contribution in [2.24, 2.45) is 5.92 Å². The van der Waals surface area contributed by atoms with Gasteiger partial charge in [-0.05, 0) is 44.8 Å². The Bertz CT molecular complexity index is 159. The van der Waals surface area contributed by atoms with E-state index in [0.29, 0.717) is 12.8 Å². The van der Waals surface area contributed by atoms with Crippen molar-refractivity contribution in [3.05, 3.63) is 0 Å². The third kappa shape index (κ3) is 4.31. The molecule has 0 amide bonds. The number of nitrogens with zero attached hydrogens (tertiary/aromatic N) is 1. The Hall–Kier alpha value is -0.250. The molecule has 1 heterocycles. The highest BCUT2D eigenvalue weighted by atomic mass is 19.4. The minimum Gasteiger partial charge on any atom is -0.303 e. The Morgan fingerprint density at radius 2 is 1.79 bits per heavy atom. The second-order valence-corrected chi connectivity index (χ2v) is 4.10. The fraction of sp³-hybridized carbons (Fsp3) is 1.00. The molecule has 0 aliphatic carbocycles. The smallest absolute Gasteiger partial charge is 0.303 e. The maximum atomic E-state index is 12.1. The van der Waals surface area contributed by atoms with Crippen LogP contribution >= 0.6 is 0 Å². The highest BCUT2D eigenvalue weighted by Crippen LogP contribution is 2.30. The standard InChI is InChI=1S/C10H18F3N/c1-2-5-14-6-3-9(4-7-14)8-10(11,12)13/h9H,2-8H2,1H3. The van der Waals surface area contributed by atoms with Crippen LogP contribution in [0.1, 0.15) is 32.6 Å². The third-order valence-corrected chi connectivity index (χ3v) is 2.77. The number of rotatable bonds is 3. The second kappa shape index (κ2) is 5.01. The number of hydrogen-bond acceptors (Lipinski definition) is 1. The summed E-state index contributed by atoms with van der Waals surface area (Å²) in [5.74, 6) is -0.136. The molecular formula is C10H18F3N. The van der Waals surface area contributed by atoms with Gasteiger partial charge in [0.2, 0.25) is 0 Å². The van der Waals surface area contributed by atoms with Crippen LogP contribution in [0.5, 0.6) is 0 Å². The first-order chi connectivity index (χ1) is 6.51. The van der Waals surface area contributed by atoms with Crippen molar-refractivity contribution in [2.75, 3.05) is 19.6 Å². The molecule has 1 rings (SSSR count). The minimum absolute atomic E-state index is 0.136. The average Bonchev–Trinajstić information content (AvgIpc) is 2.06. The molecule has 0 radical (unpaired) electrons. The van der Waals surface area contributed by atoms with E-state index in [-0.39, 0.29) is 5.92 Å². The van der Waals surface area contributed by atoms with E-state index in [9.17, 15) is 13.2 Å². The van der Waals surface area contributed by atoms with Crippen molar-refractivity contribution in [3.8, 4) is 0 Å². The first-order valence-electron chi connectivity index (χ1n) is 5.30. The minimum atomic E-state index is -3.97. The van der Waals surface area contributed by atoms with Crippen LogP contribution in [0.3, 0.4) is 0 Å². The number of piperidine rings is 1. The molecular weight excluding hydrogens is 191 g/mol. The van der Waals surface area contributed by atoms with Gasteiger partial charge in [0, 0.05) is 6.42 Å². The molecule has 84 valence electrons. The lowest BCUT2D eigenvalue weighted by atomic mass is 9.93. The van der Waals surface area contributed by atoms with Crippen LogP contribution in [0.15, 0.2) is 0 Å². The normalized spacial score (nSPS) is 21.4. The van der Waals surface area contributed by atoms with E-state index in [1.807, 2.05) is 0 Å². The van der Waals surface area contributed by atoms with Gasteiger partial charge in [-0.15, -0.1) is 0 Å². The van der Waals surface area contributed by atoms with Crippen molar-refractivity contribution in [1.29, 1.82) is 0 Å². The van der Waals surface area contributed by atoms with Gasteiger partial charge in [0.15, 0.2) is 0 Å². The van der Waals surface area contributed by atoms with Gasteiger partial charge in [-0.25, -0.2) is 0 Å². The van der Waals surface area contributed by atoms with Gasteiger partial charge in [0.05, 0.1) is 0 Å². The van der Waals surface area contributed by atoms with E-state index in [4.69, 9.17) is 0 Å². The van der Waals surface area contributed by atoms with Crippen molar-refractivity contribution in [3.63, 3.8) is 0 Å². The van der Waals surface area contributed by atoms with E-state index >= 15 is 0 Å². The zero-order valence-corrected chi connectivity index (χ0v) is 8.61. The Morgan fingerprint density at radius 1 is 1.21 bits per heavy atom. The van der Waals surface area contributed by atoms with E-state index < -0.39 is 12.6 Å². The predicted molar refractivity (Wildman–Crippen MR) is 50.1 cm³/mol. The lowest BCUT2D eigenvalue weighted by molar-refractivity contribution is -0.147. The molecule has 0 atom stereocenters. The van der Waals surface area contributed by atoms with Gasteiger partial charge in [0.1, 0.15) is 0 Å². The Morgan fingerprint density at radius 3 is 2.21 bits per heavy atom. The molecule has 0 N–H and O–H groups in total. The third-order valence-electron chi connectivity index (χ3n) is 2.77. The maximum absolute atomic E-state index is 12.1. The van der Waals surface area contributed by atoms with E-state index in [1.54, 1.807) is 0 Å². The number of hydrogen-bond donors (Lipinski definition) is 0. The SMILES string of the molecule is CCCN1CCC(CC(F)(F)F)CC1. The zero-order chi connectivity index (χ0) is 10.6. The van der Waals surface area contributed by atoms with E-state index in [0.717, 1.165) is 26.1 Å². The summed E-state index contributed by atoms with van der Waals surface area (Å²) in [4.78, 5) is 2.26.